The van der Waals surface area contributed by atoms with Crippen molar-refractivity contribution in [1.82, 2.24) is 25.3 Å². The summed E-state index contributed by atoms with van der Waals surface area (Å²) in [7, 11) is 1.51. The molecule has 0 radical (unpaired) electrons. The molecule has 0 saturated carbocycles. The molecule has 0 spiro atoms. The number of nitrogens with one attached hydrogen (secondary N) is 2. The van der Waals surface area contributed by atoms with Gasteiger partial charge in [-0.05, 0) is 57.5 Å². The minimum atomic E-state index is -0.324. The highest BCUT2D eigenvalue weighted by Crippen LogP contribution is 2.18. The van der Waals surface area contributed by atoms with Crippen LogP contribution in [0.4, 0.5) is 5.69 Å². The molecule has 162 valence electrons. The van der Waals surface area contributed by atoms with Crippen LogP contribution >= 0.6 is 0 Å². The molecular formula is C22H26N6O3. The molecule has 0 bridgehead atoms. The van der Waals surface area contributed by atoms with E-state index in [9.17, 15) is 9.59 Å². The largest absolute Gasteiger partial charge is 0.480 e. The van der Waals surface area contributed by atoms with Gasteiger partial charge in [-0.2, -0.15) is 5.10 Å². The van der Waals surface area contributed by atoms with E-state index in [0.717, 1.165) is 0 Å². The second-order valence-electron chi connectivity index (χ2n) is 7.94. The maximum Gasteiger partial charge on any atom is 0.259 e. The first-order chi connectivity index (χ1) is 14.7. The summed E-state index contributed by atoms with van der Waals surface area (Å²) in [5.41, 5.74) is 1.92. The number of rotatable bonds is 6. The summed E-state index contributed by atoms with van der Waals surface area (Å²) in [6.45, 7) is 7.69. The molecule has 3 rings (SSSR count). The third-order valence-electron chi connectivity index (χ3n) is 4.39. The van der Waals surface area contributed by atoms with Gasteiger partial charge in [-0.15, -0.1) is 10.2 Å². The molecule has 3 aromatic rings. The van der Waals surface area contributed by atoms with Crippen molar-refractivity contribution in [3.63, 3.8) is 0 Å². The normalized spacial score (nSPS) is 11.1. The number of nitrogens with zero attached hydrogens (tertiary/aromatic N) is 4. The molecule has 0 fully saturated rings. The number of methoxy groups -OCH3 is 1. The number of carbonyl (C=O) groups is 2. The monoisotopic (exact) mass is 422 g/mol. The fourth-order valence-electron chi connectivity index (χ4n) is 2.95. The minimum Gasteiger partial charge on any atom is -0.480 e. The van der Waals surface area contributed by atoms with Crippen LogP contribution in [0.1, 0.15) is 54.1 Å². The number of ether oxygens (including phenoxy) is 1. The van der Waals surface area contributed by atoms with Crippen LogP contribution in [0.15, 0.2) is 42.6 Å². The molecule has 9 heteroatoms. The van der Waals surface area contributed by atoms with Crippen LogP contribution in [0.2, 0.25) is 0 Å². The number of amides is 2. The Labute approximate surface area is 180 Å². The Morgan fingerprint density at radius 3 is 2.29 bits per heavy atom. The average Bonchev–Trinajstić information content (AvgIpc) is 3.17. The Morgan fingerprint density at radius 2 is 1.74 bits per heavy atom. The van der Waals surface area contributed by atoms with Crippen LogP contribution in [0.5, 0.6) is 5.88 Å². The van der Waals surface area contributed by atoms with Crippen molar-refractivity contribution >= 4 is 17.5 Å². The molecule has 0 aliphatic rings. The molecule has 0 atom stereocenters. The van der Waals surface area contributed by atoms with Gasteiger partial charge in [0.2, 0.25) is 5.88 Å². The van der Waals surface area contributed by atoms with E-state index in [1.54, 1.807) is 41.1 Å². The number of carbonyl (C=O) groups excluding carboxylic acids is 2. The SMILES string of the molecule is CCc1c(C(=O)Nc2ccc(C(=O)NC(C)(C)C)cc2)cnn1-c1ccc(OC)nn1. The second kappa shape index (κ2) is 8.95. The van der Waals surface area contributed by atoms with E-state index in [4.69, 9.17) is 4.74 Å². The standard InChI is InChI=1S/C22H26N6O3/c1-6-17-16(13-23-28(17)18-11-12-19(31-5)27-26-18)21(30)24-15-9-7-14(8-10-15)20(29)25-22(2,3)4/h7-13H,6H2,1-5H3,(H,24,30)(H,25,29). The van der Waals surface area contributed by atoms with E-state index in [0.29, 0.717) is 40.6 Å². The zero-order valence-corrected chi connectivity index (χ0v) is 18.3. The number of hydrogen-bond acceptors (Lipinski definition) is 6. The first kappa shape index (κ1) is 21.9. The van der Waals surface area contributed by atoms with Crippen LogP contribution < -0.4 is 15.4 Å². The summed E-state index contributed by atoms with van der Waals surface area (Å²) in [6, 6.07) is 10.1. The summed E-state index contributed by atoms with van der Waals surface area (Å²) in [4.78, 5) is 25.1. The molecule has 0 aliphatic heterocycles. The molecule has 0 saturated heterocycles. The lowest BCUT2D eigenvalue weighted by molar-refractivity contribution is 0.0919. The van der Waals surface area contributed by atoms with Crippen molar-refractivity contribution < 1.29 is 14.3 Å². The van der Waals surface area contributed by atoms with Gasteiger partial charge in [-0.25, -0.2) is 4.68 Å². The molecule has 2 heterocycles. The molecule has 2 aromatic heterocycles. The second-order valence-corrected chi connectivity index (χ2v) is 7.94. The number of aromatic nitrogens is 4. The fourth-order valence-corrected chi connectivity index (χ4v) is 2.95. The third-order valence-corrected chi connectivity index (χ3v) is 4.39. The molecule has 1 aromatic carbocycles. The summed E-state index contributed by atoms with van der Waals surface area (Å²) in [6.07, 6.45) is 2.08. The summed E-state index contributed by atoms with van der Waals surface area (Å²) < 4.78 is 6.61. The van der Waals surface area contributed by atoms with Gasteiger partial charge in [0.05, 0.1) is 24.6 Å². The number of anilines is 1. The highest BCUT2D eigenvalue weighted by molar-refractivity contribution is 6.05. The van der Waals surface area contributed by atoms with E-state index in [-0.39, 0.29) is 17.4 Å². The lowest BCUT2D eigenvalue weighted by atomic mass is 10.1. The molecule has 31 heavy (non-hydrogen) atoms. The Bertz CT molecular complexity index is 1070. The van der Waals surface area contributed by atoms with Crippen molar-refractivity contribution in [2.24, 2.45) is 0 Å². The van der Waals surface area contributed by atoms with Gasteiger partial charge in [0.25, 0.3) is 11.8 Å². The van der Waals surface area contributed by atoms with Crippen molar-refractivity contribution in [3.05, 3.63) is 59.4 Å². The molecule has 2 amide bonds. The Morgan fingerprint density at radius 1 is 1.03 bits per heavy atom. The van der Waals surface area contributed by atoms with Gasteiger partial charge >= 0.3 is 0 Å². The van der Waals surface area contributed by atoms with Gasteiger partial charge in [-0.1, -0.05) is 6.92 Å². The molecule has 9 nitrogen and oxygen atoms in total. The Kier molecular flexibility index (Phi) is 6.33. The van der Waals surface area contributed by atoms with E-state index >= 15 is 0 Å². The average molecular weight is 422 g/mol. The van der Waals surface area contributed by atoms with Crippen LogP contribution in [0.25, 0.3) is 5.82 Å². The van der Waals surface area contributed by atoms with Crippen LogP contribution in [0.3, 0.4) is 0 Å². The molecule has 2 N–H and O–H groups in total. The van der Waals surface area contributed by atoms with Gasteiger partial charge < -0.3 is 15.4 Å². The quantitative estimate of drug-likeness (QED) is 0.632. The maximum absolute atomic E-state index is 12.8. The highest BCUT2D eigenvalue weighted by atomic mass is 16.5. The van der Waals surface area contributed by atoms with Crippen molar-refractivity contribution in [3.8, 4) is 11.7 Å². The van der Waals surface area contributed by atoms with Gasteiger partial charge in [0.1, 0.15) is 0 Å². The van der Waals surface area contributed by atoms with E-state index in [1.165, 1.54) is 13.3 Å². The number of hydrogen-bond donors (Lipinski definition) is 2. The molecular weight excluding hydrogens is 396 g/mol. The highest BCUT2D eigenvalue weighted by Gasteiger charge is 2.19. The van der Waals surface area contributed by atoms with Gasteiger partial charge in [0.15, 0.2) is 5.82 Å². The first-order valence-electron chi connectivity index (χ1n) is 9.90. The topological polar surface area (TPSA) is 111 Å². The summed E-state index contributed by atoms with van der Waals surface area (Å²) >= 11 is 0. The Hall–Kier alpha value is -3.75. The predicted octanol–water partition coefficient (Wildman–Crippen LogP) is 3.01. The summed E-state index contributed by atoms with van der Waals surface area (Å²) in [5, 5.41) is 18.1. The van der Waals surface area contributed by atoms with Crippen molar-refractivity contribution in [2.75, 3.05) is 12.4 Å². The zero-order chi connectivity index (χ0) is 22.6. The van der Waals surface area contributed by atoms with E-state index in [2.05, 4.69) is 25.9 Å². The fraction of sp³-hybridized carbons (Fsp3) is 0.318. The van der Waals surface area contributed by atoms with E-state index in [1.807, 2.05) is 27.7 Å². The number of benzene rings is 1. The predicted molar refractivity (Wildman–Crippen MR) is 117 cm³/mol. The minimum absolute atomic E-state index is 0.166. The maximum atomic E-state index is 12.8. The van der Waals surface area contributed by atoms with Gasteiger partial charge in [-0.3, -0.25) is 9.59 Å². The smallest absolute Gasteiger partial charge is 0.259 e. The molecule has 0 unspecified atom stereocenters. The van der Waals surface area contributed by atoms with Crippen molar-refractivity contribution in [2.45, 2.75) is 39.7 Å². The van der Waals surface area contributed by atoms with E-state index < -0.39 is 0 Å². The van der Waals surface area contributed by atoms with Crippen LogP contribution in [-0.2, 0) is 6.42 Å². The Balaban J connectivity index is 1.76. The van der Waals surface area contributed by atoms with Crippen LogP contribution in [-0.4, -0.2) is 44.4 Å². The zero-order valence-electron chi connectivity index (χ0n) is 18.3. The van der Waals surface area contributed by atoms with Crippen LogP contribution in [0, 0.1) is 0 Å². The first-order valence-corrected chi connectivity index (χ1v) is 9.90. The van der Waals surface area contributed by atoms with Crippen molar-refractivity contribution in [1.29, 1.82) is 0 Å². The lowest BCUT2D eigenvalue weighted by Crippen LogP contribution is -2.40. The van der Waals surface area contributed by atoms with Gasteiger partial charge in [0, 0.05) is 22.9 Å². The third kappa shape index (κ3) is 5.25. The molecule has 0 aliphatic carbocycles. The lowest BCUT2D eigenvalue weighted by Gasteiger charge is -2.20. The summed E-state index contributed by atoms with van der Waals surface area (Å²) in [5.74, 6) is 0.425.